The average molecular weight is 294 g/mol. The summed E-state index contributed by atoms with van der Waals surface area (Å²) in [6.07, 6.45) is 1.84. The van der Waals surface area contributed by atoms with Crippen LogP contribution < -0.4 is 5.32 Å². The van der Waals surface area contributed by atoms with Gasteiger partial charge in [0, 0.05) is 18.1 Å². The molecule has 2 aromatic heterocycles. The van der Waals surface area contributed by atoms with E-state index >= 15 is 0 Å². The van der Waals surface area contributed by atoms with Gasteiger partial charge in [-0.25, -0.2) is 4.98 Å². The highest BCUT2D eigenvalue weighted by Gasteiger charge is 2.10. The molecule has 20 heavy (non-hydrogen) atoms. The molecule has 2 rings (SSSR count). The molecule has 2 N–H and O–H groups in total. The molecular weight excluding hydrogens is 280 g/mol. The van der Waals surface area contributed by atoms with Gasteiger partial charge in [0.2, 0.25) is 5.91 Å². The predicted octanol–water partition coefficient (Wildman–Crippen LogP) is 1.17. The molecule has 2 aromatic rings. The van der Waals surface area contributed by atoms with Gasteiger partial charge < -0.3 is 10.4 Å². The lowest BCUT2D eigenvalue weighted by molar-refractivity contribution is -0.136. The van der Waals surface area contributed by atoms with Crippen molar-refractivity contribution in [1.29, 1.82) is 0 Å². The van der Waals surface area contributed by atoms with E-state index in [1.807, 2.05) is 13.1 Å². The van der Waals surface area contributed by atoms with E-state index in [0.29, 0.717) is 16.5 Å². The van der Waals surface area contributed by atoms with E-state index in [1.54, 1.807) is 16.1 Å². The smallest absolute Gasteiger partial charge is 0.309 e. The first-order valence-electron chi connectivity index (χ1n) is 6.05. The van der Waals surface area contributed by atoms with Crippen LogP contribution in [0.3, 0.4) is 0 Å². The van der Waals surface area contributed by atoms with Crippen molar-refractivity contribution in [1.82, 2.24) is 14.8 Å². The molecule has 106 valence electrons. The number of nitrogens with one attached hydrogen (secondary N) is 1. The van der Waals surface area contributed by atoms with Crippen LogP contribution in [-0.4, -0.2) is 31.7 Å². The van der Waals surface area contributed by atoms with Crippen LogP contribution in [0.25, 0.3) is 0 Å². The Kier molecular flexibility index (Phi) is 4.46. The van der Waals surface area contributed by atoms with Gasteiger partial charge in [0.25, 0.3) is 0 Å². The molecule has 7 nitrogen and oxygen atoms in total. The molecule has 8 heteroatoms. The topological polar surface area (TPSA) is 97.1 Å². The highest BCUT2D eigenvalue weighted by atomic mass is 32.1. The van der Waals surface area contributed by atoms with Gasteiger partial charge in [0.05, 0.1) is 24.2 Å². The minimum Gasteiger partial charge on any atom is -0.481 e. The number of aromatic nitrogens is 3. The normalized spacial score (nSPS) is 10.4. The summed E-state index contributed by atoms with van der Waals surface area (Å²) in [6, 6.07) is 1.79. The third-order valence-corrected chi connectivity index (χ3v) is 3.30. The summed E-state index contributed by atoms with van der Waals surface area (Å²) in [6.45, 7) is 2.73. The van der Waals surface area contributed by atoms with Gasteiger partial charge in [-0.3, -0.25) is 14.3 Å². The standard InChI is InChI=1S/C12H14N4O3S/c1-2-16-4-3-8(15-16)5-10(17)14-12-13-9(7-20-12)6-11(18)19/h3-4,7H,2,5-6H2,1H3,(H,18,19)(H,13,14,17). The molecule has 1 amide bonds. The number of aliphatic carboxylic acids is 1. The summed E-state index contributed by atoms with van der Waals surface area (Å²) < 4.78 is 1.75. The number of thiazole rings is 1. The summed E-state index contributed by atoms with van der Waals surface area (Å²) in [4.78, 5) is 26.4. The Morgan fingerprint density at radius 1 is 1.40 bits per heavy atom. The van der Waals surface area contributed by atoms with Crippen molar-refractivity contribution < 1.29 is 14.7 Å². The van der Waals surface area contributed by atoms with E-state index in [9.17, 15) is 9.59 Å². The maximum absolute atomic E-state index is 11.8. The second-order valence-corrected chi connectivity index (χ2v) is 4.96. The number of hydrogen-bond acceptors (Lipinski definition) is 5. The van der Waals surface area contributed by atoms with Crippen molar-refractivity contribution in [3.8, 4) is 0 Å². The molecular formula is C12H14N4O3S. The second-order valence-electron chi connectivity index (χ2n) is 4.10. The summed E-state index contributed by atoms with van der Waals surface area (Å²) >= 11 is 1.21. The Hall–Kier alpha value is -2.22. The number of anilines is 1. The fourth-order valence-corrected chi connectivity index (χ4v) is 2.33. The Balaban J connectivity index is 1.90. The maximum Gasteiger partial charge on any atom is 0.309 e. The molecule has 0 aliphatic heterocycles. The number of rotatable bonds is 6. The van der Waals surface area contributed by atoms with Gasteiger partial charge in [-0.15, -0.1) is 11.3 Å². The summed E-state index contributed by atoms with van der Waals surface area (Å²) in [5, 5.41) is 17.5. The lowest BCUT2D eigenvalue weighted by Crippen LogP contribution is -2.15. The molecule has 0 unspecified atom stereocenters. The number of carbonyl (C=O) groups is 2. The van der Waals surface area contributed by atoms with Gasteiger partial charge in [-0.05, 0) is 13.0 Å². The number of carboxylic acids is 1. The van der Waals surface area contributed by atoms with Crippen molar-refractivity contribution >= 4 is 28.3 Å². The molecule has 0 aromatic carbocycles. The highest BCUT2D eigenvalue weighted by Crippen LogP contribution is 2.16. The minimum absolute atomic E-state index is 0.146. The zero-order chi connectivity index (χ0) is 14.5. The molecule has 0 saturated carbocycles. The van der Waals surface area contributed by atoms with Crippen LogP contribution >= 0.6 is 11.3 Å². The van der Waals surface area contributed by atoms with Crippen LogP contribution in [0.2, 0.25) is 0 Å². The van der Waals surface area contributed by atoms with Crippen LogP contribution in [0, 0.1) is 0 Å². The number of amides is 1. The van der Waals surface area contributed by atoms with Gasteiger partial charge in [-0.2, -0.15) is 5.10 Å². The Bertz CT molecular complexity index is 620. The molecule has 0 saturated heterocycles. The number of hydrogen-bond donors (Lipinski definition) is 2. The first-order chi connectivity index (χ1) is 9.56. The summed E-state index contributed by atoms with van der Waals surface area (Å²) in [5.41, 5.74) is 1.12. The van der Waals surface area contributed by atoms with Crippen LogP contribution in [0.1, 0.15) is 18.3 Å². The molecule has 0 bridgehead atoms. The van der Waals surface area contributed by atoms with Crippen molar-refractivity contribution in [3.05, 3.63) is 29.0 Å². The Morgan fingerprint density at radius 3 is 2.85 bits per heavy atom. The highest BCUT2D eigenvalue weighted by molar-refractivity contribution is 7.13. The third-order valence-electron chi connectivity index (χ3n) is 2.49. The number of nitrogens with zero attached hydrogens (tertiary/aromatic N) is 3. The molecule has 0 radical (unpaired) electrons. The molecule has 0 atom stereocenters. The van der Waals surface area contributed by atoms with E-state index in [0.717, 1.165) is 6.54 Å². The third kappa shape index (κ3) is 3.89. The fraction of sp³-hybridized carbons (Fsp3) is 0.333. The van der Waals surface area contributed by atoms with Crippen LogP contribution in [0.5, 0.6) is 0 Å². The predicted molar refractivity (Wildman–Crippen MR) is 73.7 cm³/mol. The van der Waals surface area contributed by atoms with Gasteiger partial charge >= 0.3 is 5.97 Å². The lowest BCUT2D eigenvalue weighted by Gasteiger charge is -1.99. The number of carboxylic acid groups (broad SMARTS) is 1. The van der Waals surface area contributed by atoms with Crippen molar-refractivity contribution in [2.45, 2.75) is 26.3 Å². The Morgan fingerprint density at radius 2 is 2.20 bits per heavy atom. The number of carbonyl (C=O) groups excluding carboxylic acids is 1. The number of aryl methyl sites for hydroxylation is 1. The lowest BCUT2D eigenvalue weighted by atomic mass is 10.3. The molecule has 0 fully saturated rings. The fourth-order valence-electron chi connectivity index (χ4n) is 1.60. The molecule has 2 heterocycles. The van der Waals surface area contributed by atoms with Crippen LogP contribution in [0.15, 0.2) is 17.6 Å². The first-order valence-corrected chi connectivity index (χ1v) is 6.93. The molecule has 0 aliphatic rings. The zero-order valence-corrected chi connectivity index (χ0v) is 11.7. The molecule has 0 aliphatic carbocycles. The SMILES string of the molecule is CCn1ccc(CC(=O)Nc2nc(CC(=O)O)cs2)n1. The van der Waals surface area contributed by atoms with E-state index in [1.165, 1.54) is 11.3 Å². The first kappa shape index (κ1) is 14.2. The second kappa shape index (κ2) is 6.29. The monoisotopic (exact) mass is 294 g/mol. The van der Waals surface area contributed by atoms with Crippen LogP contribution in [-0.2, 0) is 29.0 Å². The van der Waals surface area contributed by atoms with Crippen molar-refractivity contribution in [3.63, 3.8) is 0 Å². The largest absolute Gasteiger partial charge is 0.481 e. The quantitative estimate of drug-likeness (QED) is 0.833. The van der Waals surface area contributed by atoms with E-state index < -0.39 is 5.97 Å². The maximum atomic E-state index is 11.8. The minimum atomic E-state index is -0.946. The van der Waals surface area contributed by atoms with Gasteiger partial charge in [-0.1, -0.05) is 0 Å². The van der Waals surface area contributed by atoms with Gasteiger partial charge in [0.1, 0.15) is 0 Å². The van der Waals surface area contributed by atoms with E-state index in [2.05, 4.69) is 15.4 Å². The Labute approximate surface area is 119 Å². The molecule has 0 spiro atoms. The average Bonchev–Trinajstić information content (AvgIpc) is 2.98. The van der Waals surface area contributed by atoms with Crippen LogP contribution in [0.4, 0.5) is 5.13 Å². The summed E-state index contributed by atoms with van der Waals surface area (Å²) in [7, 11) is 0. The van der Waals surface area contributed by atoms with E-state index in [4.69, 9.17) is 5.11 Å². The van der Waals surface area contributed by atoms with Gasteiger partial charge in [0.15, 0.2) is 5.13 Å². The van der Waals surface area contributed by atoms with E-state index in [-0.39, 0.29) is 18.7 Å². The van der Waals surface area contributed by atoms with Crippen molar-refractivity contribution in [2.24, 2.45) is 0 Å². The summed E-state index contributed by atoms with van der Waals surface area (Å²) in [5.74, 6) is -1.17. The zero-order valence-electron chi connectivity index (χ0n) is 10.9. The van der Waals surface area contributed by atoms with Crippen molar-refractivity contribution in [2.75, 3.05) is 5.32 Å².